The molecular weight excluding hydrogens is 256 g/mol. The number of hydrogen-bond donors (Lipinski definition) is 2. The van der Waals surface area contributed by atoms with Gasteiger partial charge in [-0.05, 0) is 37.0 Å². The van der Waals surface area contributed by atoms with Crippen LogP contribution in [0.15, 0.2) is 0 Å². The highest BCUT2D eigenvalue weighted by molar-refractivity contribution is 5.74. The minimum atomic E-state index is -0.760. The monoisotopic (exact) mass is 284 g/mol. The van der Waals surface area contributed by atoms with Gasteiger partial charge in [-0.25, -0.2) is 4.79 Å². The third-order valence-electron chi connectivity index (χ3n) is 4.04. The fourth-order valence-corrected chi connectivity index (χ4v) is 2.56. The molecule has 0 aromatic rings. The topological polar surface area (TPSA) is 69.6 Å². The summed E-state index contributed by atoms with van der Waals surface area (Å²) in [7, 11) is 0. The van der Waals surface area contributed by atoms with Gasteiger partial charge in [0.2, 0.25) is 0 Å². The van der Waals surface area contributed by atoms with Gasteiger partial charge in [-0.15, -0.1) is 0 Å². The van der Waals surface area contributed by atoms with Crippen LogP contribution in [-0.2, 0) is 4.79 Å². The largest absolute Gasteiger partial charge is 0.481 e. The summed E-state index contributed by atoms with van der Waals surface area (Å²) in [6.45, 7) is 8.56. The van der Waals surface area contributed by atoms with Crippen molar-refractivity contribution in [1.29, 1.82) is 0 Å². The van der Waals surface area contributed by atoms with E-state index in [1.807, 2.05) is 18.7 Å². The summed E-state index contributed by atoms with van der Waals surface area (Å²) in [4.78, 5) is 24.5. The number of aliphatic carboxylic acids is 1. The maximum atomic E-state index is 12.0. The molecule has 2 amide bonds. The number of urea groups is 1. The van der Waals surface area contributed by atoms with E-state index in [9.17, 15) is 9.59 Å². The minimum Gasteiger partial charge on any atom is -0.481 e. The number of hydrogen-bond acceptors (Lipinski definition) is 2. The summed E-state index contributed by atoms with van der Waals surface area (Å²) in [5.41, 5.74) is -0.0547. The molecule has 20 heavy (non-hydrogen) atoms. The lowest BCUT2D eigenvalue weighted by molar-refractivity contribution is -0.137. The van der Waals surface area contributed by atoms with Crippen molar-refractivity contribution in [3.8, 4) is 0 Å². The second-order valence-electron chi connectivity index (χ2n) is 6.73. The van der Waals surface area contributed by atoms with Gasteiger partial charge in [0.25, 0.3) is 0 Å². The lowest BCUT2D eigenvalue weighted by Crippen LogP contribution is -2.45. The molecule has 0 spiro atoms. The van der Waals surface area contributed by atoms with Gasteiger partial charge in [-0.3, -0.25) is 4.79 Å². The van der Waals surface area contributed by atoms with Crippen LogP contribution in [-0.4, -0.2) is 41.6 Å². The summed E-state index contributed by atoms with van der Waals surface area (Å²) >= 11 is 0. The molecule has 0 aromatic heterocycles. The fraction of sp³-hybridized carbons (Fsp3) is 0.867. The summed E-state index contributed by atoms with van der Waals surface area (Å²) in [5, 5.41) is 11.7. The average molecular weight is 284 g/mol. The van der Waals surface area contributed by atoms with E-state index in [4.69, 9.17) is 5.11 Å². The van der Waals surface area contributed by atoms with Crippen LogP contribution >= 0.6 is 0 Å². The van der Waals surface area contributed by atoms with Crippen molar-refractivity contribution in [2.24, 2.45) is 11.3 Å². The van der Waals surface area contributed by atoms with Crippen molar-refractivity contribution < 1.29 is 14.7 Å². The predicted molar refractivity (Wildman–Crippen MR) is 78.6 cm³/mol. The molecule has 0 radical (unpaired) electrons. The van der Waals surface area contributed by atoms with Gasteiger partial charge in [0, 0.05) is 26.1 Å². The highest BCUT2D eigenvalue weighted by atomic mass is 16.4. The maximum absolute atomic E-state index is 12.0. The Hall–Kier alpha value is -1.26. The zero-order chi connectivity index (χ0) is 15.2. The summed E-state index contributed by atoms with van der Waals surface area (Å²) in [5.74, 6) is -0.175. The van der Waals surface area contributed by atoms with Gasteiger partial charge in [-0.2, -0.15) is 0 Å². The van der Waals surface area contributed by atoms with E-state index in [0.717, 1.165) is 25.9 Å². The number of carbonyl (C=O) groups excluding carboxylic acids is 1. The van der Waals surface area contributed by atoms with Crippen LogP contribution in [0.5, 0.6) is 0 Å². The molecule has 1 aliphatic heterocycles. The third-order valence-corrected chi connectivity index (χ3v) is 4.04. The zero-order valence-electron chi connectivity index (χ0n) is 12.9. The zero-order valence-corrected chi connectivity index (χ0v) is 12.9. The fourth-order valence-electron chi connectivity index (χ4n) is 2.56. The smallest absolute Gasteiger partial charge is 0.317 e. The minimum absolute atomic E-state index is 0.0191. The molecule has 1 heterocycles. The van der Waals surface area contributed by atoms with Crippen LogP contribution in [0.4, 0.5) is 4.79 Å². The van der Waals surface area contributed by atoms with E-state index in [1.165, 1.54) is 6.42 Å². The van der Waals surface area contributed by atoms with Gasteiger partial charge in [0.05, 0.1) is 0 Å². The molecule has 1 rings (SSSR count). The second-order valence-corrected chi connectivity index (χ2v) is 6.73. The van der Waals surface area contributed by atoms with E-state index in [2.05, 4.69) is 12.2 Å². The molecule has 0 bridgehead atoms. The molecule has 1 fully saturated rings. The van der Waals surface area contributed by atoms with Crippen LogP contribution in [0.25, 0.3) is 0 Å². The Labute approximate surface area is 121 Å². The number of amides is 2. The summed E-state index contributed by atoms with van der Waals surface area (Å²) in [6.07, 6.45) is 3.91. The predicted octanol–water partition coefficient (Wildman–Crippen LogP) is 2.71. The molecule has 0 saturated carbocycles. The first-order valence-corrected chi connectivity index (χ1v) is 7.55. The maximum Gasteiger partial charge on any atom is 0.317 e. The van der Waals surface area contributed by atoms with E-state index in [1.54, 1.807) is 0 Å². The Bertz CT molecular complexity index is 342. The van der Waals surface area contributed by atoms with Crippen molar-refractivity contribution in [3.63, 3.8) is 0 Å². The molecular formula is C15H28N2O3. The van der Waals surface area contributed by atoms with Crippen LogP contribution in [0.2, 0.25) is 0 Å². The number of rotatable bonds is 6. The van der Waals surface area contributed by atoms with E-state index < -0.39 is 5.97 Å². The quantitative estimate of drug-likeness (QED) is 0.788. The summed E-state index contributed by atoms with van der Waals surface area (Å²) < 4.78 is 0. The third kappa shape index (κ3) is 6.26. The number of piperidine rings is 1. The van der Waals surface area contributed by atoms with Crippen LogP contribution in [0.1, 0.15) is 52.9 Å². The van der Waals surface area contributed by atoms with Crippen molar-refractivity contribution in [1.82, 2.24) is 10.2 Å². The Balaban J connectivity index is 2.25. The van der Waals surface area contributed by atoms with E-state index in [-0.39, 0.29) is 17.9 Å². The highest BCUT2D eigenvalue weighted by Crippen LogP contribution is 2.26. The lowest BCUT2D eigenvalue weighted by Gasteiger charge is -2.31. The molecule has 1 atom stereocenters. The van der Waals surface area contributed by atoms with Crippen LogP contribution < -0.4 is 5.32 Å². The lowest BCUT2D eigenvalue weighted by atomic mass is 9.84. The van der Waals surface area contributed by atoms with Crippen molar-refractivity contribution >= 4 is 12.0 Å². The Kier molecular flexibility index (Phi) is 6.30. The number of carbonyl (C=O) groups is 2. The van der Waals surface area contributed by atoms with E-state index >= 15 is 0 Å². The molecule has 0 aliphatic carbocycles. The average Bonchev–Trinajstić information content (AvgIpc) is 2.36. The van der Waals surface area contributed by atoms with Crippen molar-refractivity contribution in [2.75, 3.05) is 19.6 Å². The number of nitrogens with zero attached hydrogens (tertiary/aromatic N) is 1. The van der Waals surface area contributed by atoms with Gasteiger partial charge in [-0.1, -0.05) is 20.8 Å². The second kappa shape index (κ2) is 7.50. The molecule has 116 valence electrons. The van der Waals surface area contributed by atoms with Gasteiger partial charge >= 0.3 is 12.0 Å². The molecule has 5 nitrogen and oxygen atoms in total. The van der Waals surface area contributed by atoms with Crippen LogP contribution in [0.3, 0.4) is 0 Å². The standard InChI is InChI=1S/C15H28N2O3/c1-12-5-4-10-17(11-12)14(20)16-9-8-15(2,3)7-6-13(18)19/h12H,4-11H2,1-3H3,(H,16,20)(H,18,19). The number of carboxylic acids is 1. The van der Waals surface area contributed by atoms with Gasteiger partial charge in [0.1, 0.15) is 0 Å². The molecule has 0 aromatic carbocycles. The van der Waals surface area contributed by atoms with Gasteiger partial charge in [0.15, 0.2) is 0 Å². The number of nitrogens with one attached hydrogen (secondary N) is 1. The normalized spacial score (nSPS) is 19.8. The first-order chi connectivity index (χ1) is 9.30. The number of likely N-dealkylation sites (tertiary alicyclic amines) is 1. The molecule has 5 heteroatoms. The van der Waals surface area contributed by atoms with E-state index in [0.29, 0.717) is 18.9 Å². The Morgan fingerprint density at radius 1 is 1.35 bits per heavy atom. The summed E-state index contributed by atoms with van der Waals surface area (Å²) in [6, 6.07) is 0.0191. The number of carboxylic acid groups (broad SMARTS) is 1. The Morgan fingerprint density at radius 3 is 2.65 bits per heavy atom. The molecule has 1 unspecified atom stereocenters. The highest BCUT2D eigenvalue weighted by Gasteiger charge is 2.22. The van der Waals surface area contributed by atoms with Crippen molar-refractivity contribution in [2.45, 2.75) is 52.9 Å². The molecule has 2 N–H and O–H groups in total. The molecule has 1 saturated heterocycles. The van der Waals surface area contributed by atoms with Crippen LogP contribution in [0, 0.1) is 11.3 Å². The molecule has 1 aliphatic rings. The van der Waals surface area contributed by atoms with Gasteiger partial charge < -0.3 is 15.3 Å². The Morgan fingerprint density at radius 2 is 2.05 bits per heavy atom. The first-order valence-electron chi connectivity index (χ1n) is 7.55. The first kappa shape index (κ1) is 16.8. The van der Waals surface area contributed by atoms with Crippen molar-refractivity contribution in [3.05, 3.63) is 0 Å². The SMILES string of the molecule is CC1CCCN(C(=O)NCCC(C)(C)CCC(=O)O)C1.